The zero-order valence-electron chi connectivity index (χ0n) is 9.00. The molecule has 15 heavy (non-hydrogen) atoms. The highest BCUT2D eigenvalue weighted by Crippen LogP contribution is 2.11. The molecule has 4 nitrogen and oxygen atoms in total. The monoisotopic (exact) mass is 327 g/mol. The fourth-order valence-corrected chi connectivity index (χ4v) is 1.91. The number of unbranched alkanes of at least 4 members (excludes halogenated alkanes) is 2. The molecule has 5 heteroatoms. The van der Waals surface area contributed by atoms with E-state index >= 15 is 0 Å². The average molecular weight is 327 g/mol. The molecule has 1 heterocycles. The van der Waals surface area contributed by atoms with E-state index in [4.69, 9.17) is 9.47 Å². The summed E-state index contributed by atoms with van der Waals surface area (Å²) < 4.78 is 13.2. The number of carbonyl (C=O) groups is 1. The predicted octanol–water partition coefficient (Wildman–Crippen LogP) is 1.82. The van der Waals surface area contributed by atoms with Crippen molar-refractivity contribution in [3.05, 3.63) is 0 Å². The Morgan fingerprint density at radius 1 is 1.60 bits per heavy atom. The van der Waals surface area contributed by atoms with Crippen LogP contribution in [0.4, 0.5) is 0 Å². The number of ether oxygens (including phenoxy) is 2. The van der Waals surface area contributed by atoms with E-state index in [1.165, 1.54) is 6.42 Å². The molecule has 0 amide bonds. The topological polar surface area (TPSA) is 47.6 Å². The summed E-state index contributed by atoms with van der Waals surface area (Å²) in [5, 5.41) is 0. The number of halogens is 1. The third-order valence-electron chi connectivity index (χ3n) is 2.40. The summed E-state index contributed by atoms with van der Waals surface area (Å²) in [7, 11) is 0. The lowest BCUT2D eigenvalue weighted by atomic mass is 10.1. The summed E-state index contributed by atoms with van der Waals surface area (Å²) in [6, 6.07) is -0.169. The first-order chi connectivity index (χ1) is 7.27. The number of hydrogen-bond acceptors (Lipinski definition) is 4. The molecule has 0 aromatic heterocycles. The molecule has 0 aliphatic carbocycles. The summed E-state index contributed by atoms with van der Waals surface area (Å²) in [6.07, 6.45) is 4.22. The Morgan fingerprint density at radius 2 is 2.33 bits per heavy atom. The van der Waals surface area contributed by atoms with Gasteiger partial charge in [-0.1, -0.05) is 26.2 Å². The van der Waals surface area contributed by atoms with Crippen molar-refractivity contribution in [1.82, 2.24) is 3.53 Å². The minimum absolute atomic E-state index is 0.0177. The van der Waals surface area contributed by atoms with Crippen molar-refractivity contribution in [1.29, 1.82) is 0 Å². The maximum Gasteiger partial charge on any atom is 0.324 e. The van der Waals surface area contributed by atoms with Gasteiger partial charge in [0.1, 0.15) is 12.1 Å². The minimum Gasteiger partial charge on any atom is -0.456 e. The van der Waals surface area contributed by atoms with Crippen LogP contribution in [0.3, 0.4) is 0 Å². The molecule has 0 radical (unpaired) electrons. The van der Waals surface area contributed by atoms with Gasteiger partial charge in [0.15, 0.2) is 0 Å². The van der Waals surface area contributed by atoms with Crippen LogP contribution >= 0.6 is 22.9 Å². The lowest BCUT2D eigenvalue weighted by Crippen LogP contribution is -2.42. The fourth-order valence-electron chi connectivity index (χ4n) is 1.34. The molecule has 1 atom stereocenters. The Balaban J connectivity index is 2.19. The van der Waals surface area contributed by atoms with Crippen molar-refractivity contribution < 1.29 is 14.3 Å². The molecule has 88 valence electrons. The normalized spacial score (nSPS) is 18.3. The molecule has 0 aromatic carbocycles. The van der Waals surface area contributed by atoms with Crippen molar-refractivity contribution >= 4 is 28.8 Å². The van der Waals surface area contributed by atoms with Crippen molar-refractivity contribution in [2.75, 3.05) is 13.2 Å². The third-order valence-corrected chi connectivity index (χ3v) is 3.15. The van der Waals surface area contributed by atoms with Gasteiger partial charge in [-0.05, 0) is 6.42 Å². The predicted molar refractivity (Wildman–Crippen MR) is 65.8 cm³/mol. The van der Waals surface area contributed by atoms with E-state index < -0.39 is 0 Å². The van der Waals surface area contributed by atoms with Crippen LogP contribution in [0.15, 0.2) is 0 Å². The molecule has 1 aliphatic heterocycles. The highest BCUT2D eigenvalue weighted by atomic mass is 127. The van der Waals surface area contributed by atoms with Crippen LogP contribution < -0.4 is 3.53 Å². The van der Waals surface area contributed by atoms with Gasteiger partial charge in [0.05, 0.1) is 13.2 Å². The van der Waals surface area contributed by atoms with Gasteiger partial charge in [0.25, 0.3) is 0 Å². The summed E-state index contributed by atoms with van der Waals surface area (Å²) >= 11 is 2.01. The van der Waals surface area contributed by atoms with Crippen LogP contribution in [-0.2, 0) is 14.3 Å². The van der Waals surface area contributed by atoms with Gasteiger partial charge in [0.2, 0.25) is 0 Å². The van der Waals surface area contributed by atoms with E-state index in [1.807, 2.05) is 22.9 Å². The van der Waals surface area contributed by atoms with Crippen molar-refractivity contribution in [3.8, 4) is 0 Å². The van der Waals surface area contributed by atoms with Crippen LogP contribution in [-0.4, -0.2) is 31.3 Å². The number of rotatable bonds is 7. The van der Waals surface area contributed by atoms with Crippen LogP contribution in [0.2, 0.25) is 0 Å². The molecule has 0 spiro atoms. The number of esters is 1. The van der Waals surface area contributed by atoms with Crippen molar-refractivity contribution in [2.24, 2.45) is 0 Å². The molecule has 1 rings (SSSR count). The van der Waals surface area contributed by atoms with E-state index in [-0.39, 0.29) is 18.1 Å². The number of carbonyl (C=O) groups excluding carboxylic acids is 1. The molecular formula is C10H18INO3. The molecule has 1 fully saturated rings. The number of hydrogen-bond donors (Lipinski definition) is 1. The van der Waals surface area contributed by atoms with Gasteiger partial charge in [-0.15, -0.1) is 0 Å². The van der Waals surface area contributed by atoms with E-state index in [0.717, 1.165) is 19.3 Å². The zero-order valence-corrected chi connectivity index (χ0v) is 11.2. The Labute approximate surface area is 105 Å². The first-order valence-electron chi connectivity index (χ1n) is 5.42. The Hall–Kier alpha value is 0.120. The molecule has 1 N–H and O–H groups in total. The maximum absolute atomic E-state index is 11.6. The van der Waals surface area contributed by atoms with Gasteiger partial charge >= 0.3 is 5.97 Å². The Morgan fingerprint density at radius 3 is 2.80 bits per heavy atom. The van der Waals surface area contributed by atoms with Crippen LogP contribution in [0.1, 0.15) is 32.6 Å². The summed E-state index contributed by atoms with van der Waals surface area (Å²) in [5.74, 6) is -0.145. The van der Waals surface area contributed by atoms with Gasteiger partial charge in [-0.2, -0.15) is 0 Å². The second-order valence-corrected chi connectivity index (χ2v) is 4.38. The fraction of sp³-hybridized carbons (Fsp3) is 0.900. The highest BCUT2D eigenvalue weighted by molar-refractivity contribution is 14.1. The van der Waals surface area contributed by atoms with Gasteiger partial charge in [-0.3, -0.25) is 4.79 Å². The molecule has 1 aliphatic rings. The lowest BCUT2D eigenvalue weighted by Gasteiger charge is -2.27. The summed E-state index contributed by atoms with van der Waals surface area (Å²) in [6.45, 7) is 3.25. The van der Waals surface area contributed by atoms with Crippen LogP contribution in [0.5, 0.6) is 0 Å². The molecule has 0 bridgehead atoms. The van der Waals surface area contributed by atoms with Crippen molar-refractivity contribution in [2.45, 2.75) is 44.8 Å². The zero-order chi connectivity index (χ0) is 11.1. The maximum atomic E-state index is 11.6. The smallest absolute Gasteiger partial charge is 0.324 e. The van der Waals surface area contributed by atoms with Crippen LogP contribution in [0.25, 0.3) is 0 Å². The van der Waals surface area contributed by atoms with Crippen LogP contribution in [0, 0.1) is 0 Å². The van der Waals surface area contributed by atoms with Gasteiger partial charge in [0, 0.05) is 22.9 Å². The first-order valence-corrected chi connectivity index (χ1v) is 6.50. The molecular weight excluding hydrogens is 309 g/mol. The lowest BCUT2D eigenvalue weighted by molar-refractivity contribution is -0.174. The standard InChI is InChI=1S/C10H18INO3/c1-2-3-4-5-9(12-11)10(13)15-8-6-14-7-8/h8-9,12H,2-7H2,1H3. The molecule has 1 unspecified atom stereocenters. The van der Waals surface area contributed by atoms with E-state index in [9.17, 15) is 4.79 Å². The molecule has 0 aromatic rings. The SMILES string of the molecule is CCCCCC(NI)C(=O)OC1COC1. The third kappa shape index (κ3) is 4.65. The summed E-state index contributed by atoms with van der Waals surface area (Å²) in [4.78, 5) is 11.6. The largest absolute Gasteiger partial charge is 0.456 e. The minimum atomic E-state index is -0.169. The van der Waals surface area contributed by atoms with Gasteiger partial charge in [-0.25, -0.2) is 3.53 Å². The first kappa shape index (κ1) is 13.2. The molecule has 0 saturated carbocycles. The van der Waals surface area contributed by atoms with Gasteiger partial charge < -0.3 is 9.47 Å². The second kappa shape index (κ2) is 7.40. The van der Waals surface area contributed by atoms with Crippen molar-refractivity contribution in [3.63, 3.8) is 0 Å². The average Bonchev–Trinajstić information content (AvgIpc) is 2.18. The highest BCUT2D eigenvalue weighted by Gasteiger charge is 2.26. The van der Waals surface area contributed by atoms with E-state index in [1.54, 1.807) is 0 Å². The Kier molecular flexibility index (Phi) is 6.51. The molecule has 1 saturated heterocycles. The van der Waals surface area contributed by atoms with E-state index in [0.29, 0.717) is 13.2 Å². The second-order valence-electron chi connectivity index (χ2n) is 3.75. The summed E-state index contributed by atoms with van der Waals surface area (Å²) in [5.41, 5.74) is 0. The quantitative estimate of drug-likeness (QED) is 0.335. The Bertz CT molecular complexity index is 197. The number of nitrogens with one attached hydrogen (secondary N) is 1. The van der Waals surface area contributed by atoms with E-state index in [2.05, 4.69) is 10.5 Å².